The number of Topliss-reactive ketones (excluding diaryl/α,β-unsaturated/α-hetero) is 2. The Hall–Kier alpha value is -2.93. The summed E-state index contributed by atoms with van der Waals surface area (Å²) in [6.45, 7) is 1.46. The van der Waals surface area contributed by atoms with Gasteiger partial charge in [-0.05, 0) is 67.9 Å². The molecule has 0 saturated heterocycles. The molecule has 1 atom stereocenters. The third kappa shape index (κ3) is 4.29. The molecule has 1 aliphatic heterocycles. The molecule has 8 heteroatoms. The van der Waals surface area contributed by atoms with Crippen molar-refractivity contribution in [3.8, 4) is 11.5 Å². The number of hydrogen-bond acceptors (Lipinski definition) is 5. The summed E-state index contributed by atoms with van der Waals surface area (Å²) in [7, 11) is 0. The predicted molar refractivity (Wildman–Crippen MR) is 123 cm³/mol. The van der Waals surface area contributed by atoms with Crippen LogP contribution in [0.4, 0.5) is 4.39 Å². The monoisotopic (exact) mass is 485 g/mol. The van der Waals surface area contributed by atoms with Gasteiger partial charge in [0, 0.05) is 23.0 Å². The second-order valence-corrected chi connectivity index (χ2v) is 10.3. The fourth-order valence-electron chi connectivity index (χ4n) is 5.71. The lowest BCUT2D eigenvalue weighted by atomic mass is 9.62. The van der Waals surface area contributed by atoms with Gasteiger partial charge in [-0.1, -0.05) is 17.7 Å². The SMILES string of the molecule is Cc1ccc(OCC(=O)NC23CCC(CC(=O)[C@H]4CC(=O)c5cc(Cl)ccc5O4)(C2)C3)cc1F. The smallest absolute Gasteiger partial charge is 0.258 e. The minimum absolute atomic E-state index is 0.0150. The minimum Gasteiger partial charge on any atom is -0.484 e. The van der Waals surface area contributed by atoms with E-state index in [1.54, 1.807) is 37.3 Å². The highest BCUT2D eigenvalue weighted by Crippen LogP contribution is 2.63. The highest BCUT2D eigenvalue weighted by molar-refractivity contribution is 6.31. The third-order valence-electron chi connectivity index (χ3n) is 7.27. The molecule has 6 rings (SSSR count). The van der Waals surface area contributed by atoms with Crippen LogP contribution >= 0.6 is 11.6 Å². The Morgan fingerprint density at radius 3 is 2.76 bits per heavy atom. The Balaban J connectivity index is 1.13. The van der Waals surface area contributed by atoms with Crippen molar-refractivity contribution >= 4 is 29.1 Å². The van der Waals surface area contributed by atoms with E-state index in [0.717, 1.165) is 12.8 Å². The second kappa shape index (κ2) is 8.38. The highest BCUT2D eigenvalue weighted by atomic mass is 35.5. The van der Waals surface area contributed by atoms with Gasteiger partial charge in [0.2, 0.25) is 0 Å². The Labute approximate surface area is 201 Å². The van der Waals surface area contributed by atoms with E-state index in [0.29, 0.717) is 46.9 Å². The van der Waals surface area contributed by atoms with Gasteiger partial charge in [-0.25, -0.2) is 4.39 Å². The average molecular weight is 486 g/mol. The van der Waals surface area contributed by atoms with E-state index in [9.17, 15) is 18.8 Å². The fourth-order valence-corrected chi connectivity index (χ4v) is 5.88. The number of halogens is 2. The van der Waals surface area contributed by atoms with E-state index < -0.39 is 6.10 Å². The van der Waals surface area contributed by atoms with Crippen LogP contribution in [0.2, 0.25) is 5.02 Å². The molecule has 4 aliphatic rings. The van der Waals surface area contributed by atoms with Crippen LogP contribution in [-0.2, 0) is 9.59 Å². The topological polar surface area (TPSA) is 81.7 Å². The van der Waals surface area contributed by atoms with Gasteiger partial charge >= 0.3 is 0 Å². The third-order valence-corrected chi connectivity index (χ3v) is 7.50. The van der Waals surface area contributed by atoms with E-state index in [2.05, 4.69) is 5.32 Å². The molecule has 0 aromatic heterocycles. The molecule has 0 radical (unpaired) electrons. The van der Waals surface area contributed by atoms with Gasteiger partial charge < -0.3 is 14.8 Å². The maximum Gasteiger partial charge on any atom is 0.258 e. The molecule has 3 saturated carbocycles. The van der Waals surface area contributed by atoms with Crippen LogP contribution in [0, 0.1) is 18.2 Å². The molecular weight excluding hydrogens is 461 g/mol. The maximum absolute atomic E-state index is 13.6. The molecule has 0 unspecified atom stereocenters. The first-order valence-electron chi connectivity index (χ1n) is 11.4. The van der Waals surface area contributed by atoms with Gasteiger partial charge in [0.15, 0.2) is 24.3 Å². The van der Waals surface area contributed by atoms with Gasteiger partial charge in [-0.3, -0.25) is 14.4 Å². The van der Waals surface area contributed by atoms with Crippen molar-refractivity contribution in [3.05, 3.63) is 58.4 Å². The molecule has 1 N–H and O–H groups in total. The summed E-state index contributed by atoms with van der Waals surface area (Å²) < 4.78 is 24.9. The number of fused-ring (bicyclic) bond motifs is 2. The first-order chi connectivity index (χ1) is 16.2. The molecule has 6 nitrogen and oxygen atoms in total. The number of amides is 1. The summed E-state index contributed by atoms with van der Waals surface area (Å²) in [6.07, 6.45) is 2.59. The van der Waals surface area contributed by atoms with Crippen LogP contribution in [-0.4, -0.2) is 35.7 Å². The number of nitrogens with one attached hydrogen (secondary N) is 1. The number of rotatable bonds is 7. The van der Waals surface area contributed by atoms with Crippen molar-refractivity contribution in [2.45, 2.75) is 57.1 Å². The van der Waals surface area contributed by atoms with Crippen molar-refractivity contribution in [2.24, 2.45) is 5.41 Å². The molecule has 1 heterocycles. The molecule has 3 fully saturated rings. The Bertz CT molecular complexity index is 1190. The highest BCUT2D eigenvalue weighted by Gasteiger charge is 2.62. The first kappa shape index (κ1) is 22.8. The van der Waals surface area contributed by atoms with Crippen LogP contribution in [0.1, 0.15) is 54.4 Å². The van der Waals surface area contributed by atoms with Gasteiger partial charge in [-0.15, -0.1) is 0 Å². The number of aryl methyl sites for hydroxylation is 1. The van der Waals surface area contributed by atoms with Crippen molar-refractivity contribution in [3.63, 3.8) is 0 Å². The molecule has 2 aromatic rings. The van der Waals surface area contributed by atoms with Crippen LogP contribution in [0.25, 0.3) is 0 Å². The molecule has 178 valence electrons. The standard InChI is InChI=1S/C26H25ClFNO5/c1-15-2-4-17(9-19(15)28)33-12-24(32)29-26-7-6-25(13-26,14-26)11-21(31)23-10-20(30)18-8-16(27)3-5-22(18)34-23/h2-5,8-9,23H,6-7,10-14H2,1H3,(H,29,32)/t23-,25?,26?/m1/s1. The number of benzene rings is 2. The maximum atomic E-state index is 13.6. The summed E-state index contributed by atoms with van der Waals surface area (Å²) in [5.74, 6) is -0.167. The fraction of sp³-hybridized carbons (Fsp3) is 0.423. The van der Waals surface area contributed by atoms with E-state index in [-0.39, 0.29) is 47.3 Å². The molecule has 0 spiro atoms. The first-order valence-corrected chi connectivity index (χ1v) is 11.8. The minimum atomic E-state index is -0.788. The summed E-state index contributed by atoms with van der Waals surface area (Å²) in [5.41, 5.74) is 0.430. The second-order valence-electron chi connectivity index (χ2n) is 9.90. The number of ketones is 2. The van der Waals surface area contributed by atoms with E-state index in [1.807, 2.05) is 0 Å². The number of carbonyl (C=O) groups is 3. The van der Waals surface area contributed by atoms with E-state index >= 15 is 0 Å². The average Bonchev–Trinajstić information content (AvgIpc) is 3.29. The Morgan fingerprint density at radius 1 is 1.21 bits per heavy atom. The summed E-state index contributed by atoms with van der Waals surface area (Å²) in [5, 5.41) is 3.51. The van der Waals surface area contributed by atoms with Crippen LogP contribution in [0.5, 0.6) is 11.5 Å². The van der Waals surface area contributed by atoms with Crippen molar-refractivity contribution in [2.75, 3.05) is 6.61 Å². The van der Waals surface area contributed by atoms with Crippen molar-refractivity contribution in [1.29, 1.82) is 0 Å². The summed E-state index contributed by atoms with van der Waals surface area (Å²) in [6, 6.07) is 9.33. The van der Waals surface area contributed by atoms with Crippen LogP contribution < -0.4 is 14.8 Å². The zero-order chi connectivity index (χ0) is 24.1. The van der Waals surface area contributed by atoms with Crippen molar-refractivity contribution < 1.29 is 28.2 Å². The predicted octanol–water partition coefficient (Wildman–Crippen LogP) is 4.59. The Kier molecular flexibility index (Phi) is 5.63. The molecule has 2 bridgehead atoms. The number of carbonyl (C=O) groups excluding carboxylic acids is 3. The van der Waals surface area contributed by atoms with Gasteiger partial charge in [0.25, 0.3) is 5.91 Å². The lowest BCUT2D eigenvalue weighted by Crippen LogP contribution is -2.57. The zero-order valence-electron chi connectivity index (χ0n) is 18.8. The summed E-state index contributed by atoms with van der Waals surface area (Å²) >= 11 is 5.96. The molecular formula is C26H25ClFNO5. The normalized spacial score (nSPS) is 26.8. The van der Waals surface area contributed by atoms with E-state index in [4.69, 9.17) is 21.1 Å². The lowest BCUT2D eigenvalue weighted by molar-refractivity contribution is -0.131. The van der Waals surface area contributed by atoms with Crippen LogP contribution in [0.3, 0.4) is 0 Å². The Morgan fingerprint density at radius 2 is 2.00 bits per heavy atom. The van der Waals surface area contributed by atoms with Gasteiger partial charge in [0.1, 0.15) is 17.3 Å². The van der Waals surface area contributed by atoms with Gasteiger partial charge in [0.05, 0.1) is 12.0 Å². The number of ether oxygens (including phenoxy) is 2. The molecule has 3 aliphatic carbocycles. The largest absolute Gasteiger partial charge is 0.484 e. The molecule has 34 heavy (non-hydrogen) atoms. The van der Waals surface area contributed by atoms with E-state index in [1.165, 1.54) is 6.07 Å². The van der Waals surface area contributed by atoms with Crippen LogP contribution in [0.15, 0.2) is 36.4 Å². The number of hydrogen-bond donors (Lipinski definition) is 1. The van der Waals surface area contributed by atoms with Gasteiger partial charge in [-0.2, -0.15) is 0 Å². The quantitative estimate of drug-likeness (QED) is 0.620. The molecule has 1 amide bonds. The lowest BCUT2D eigenvalue weighted by Gasteiger charge is -2.48. The summed E-state index contributed by atoms with van der Waals surface area (Å²) in [4.78, 5) is 37.9. The molecule has 2 aromatic carbocycles. The van der Waals surface area contributed by atoms with Crippen molar-refractivity contribution in [1.82, 2.24) is 5.32 Å². The zero-order valence-corrected chi connectivity index (χ0v) is 19.5.